The zero-order chi connectivity index (χ0) is 19.0. The highest BCUT2D eigenvalue weighted by atomic mass is 35.5. The maximum atomic E-state index is 13.1. The molecule has 2 aromatic carbocycles. The molecular formula is C19H15ClN4OS2. The number of carbonyl (C=O) groups is 1. The molecule has 4 rings (SSSR count). The summed E-state index contributed by atoms with van der Waals surface area (Å²) in [5, 5.41) is 10.6. The third-order valence-corrected chi connectivity index (χ3v) is 5.76. The van der Waals surface area contributed by atoms with Crippen LogP contribution in [0.5, 0.6) is 0 Å². The Morgan fingerprint density at radius 1 is 1.22 bits per heavy atom. The van der Waals surface area contributed by atoms with Crippen molar-refractivity contribution in [2.24, 2.45) is 0 Å². The number of fused-ring (bicyclic) bond motifs is 1. The highest BCUT2D eigenvalue weighted by molar-refractivity contribution is 7.80. The number of hydrogen-bond donors (Lipinski definition) is 3. The van der Waals surface area contributed by atoms with Crippen LogP contribution in [0.15, 0.2) is 59.8 Å². The van der Waals surface area contributed by atoms with Crippen LogP contribution < -0.4 is 16.0 Å². The molecular weight excluding hydrogens is 400 g/mol. The van der Waals surface area contributed by atoms with Gasteiger partial charge in [-0.15, -0.1) is 0 Å². The fourth-order valence-corrected chi connectivity index (χ4v) is 4.40. The number of halogens is 1. The van der Waals surface area contributed by atoms with E-state index in [1.54, 1.807) is 6.07 Å². The first kappa shape index (κ1) is 17.9. The van der Waals surface area contributed by atoms with Gasteiger partial charge in [-0.1, -0.05) is 53.3 Å². The number of rotatable bonds is 3. The highest BCUT2D eigenvalue weighted by Crippen LogP contribution is 2.33. The second-order valence-corrected chi connectivity index (χ2v) is 7.88. The molecule has 0 saturated heterocycles. The van der Waals surface area contributed by atoms with Gasteiger partial charge in [0.05, 0.1) is 21.8 Å². The van der Waals surface area contributed by atoms with E-state index >= 15 is 0 Å². The summed E-state index contributed by atoms with van der Waals surface area (Å²) in [6.07, 6.45) is 0. The van der Waals surface area contributed by atoms with E-state index in [0.717, 1.165) is 15.8 Å². The standard InChI is InChI=1S/C19H15ClN4OS2/c1-10-15(16(23-18(26)21-10)11-6-2-3-7-12(11)20)17(25)24-19-22-13-8-4-5-9-14(13)27-19/h2-9,16H,1H3,(H2,21,23,26)(H,22,24,25). The maximum Gasteiger partial charge on any atom is 0.257 e. The lowest BCUT2D eigenvalue weighted by Gasteiger charge is -2.30. The number of hydrogen-bond acceptors (Lipinski definition) is 4. The van der Waals surface area contributed by atoms with Crippen molar-refractivity contribution >= 4 is 61.5 Å². The van der Waals surface area contributed by atoms with Gasteiger partial charge in [0.1, 0.15) is 0 Å². The van der Waals surface area contributed by atoms with Gasteiger partial charge in [0.15, 0.2) is 10.2 Å². The molecule has 1 atom stereocenters. The number of nitrogens with zero attached hydrogens (tertiary/aromatic N) is 1. The summed E-state index contributed by atoms with van der Waals surface area (Å²) in [6, 6.07) is 14.7. The predicted molar refractivity (Wildman–Crippen MR) is 114 cm³/mol. The number of amides is 1. The topological polar surface area (TPSA) is 66.0 Å². The van der Waals surface area contributed by atoms with Gasteiger partial charge >= 0.3 is 0 Å². The molecule has 8 heteroatoms. The van der Waals surface area contributed by atoms with Crippen molar-refractivity contribution in [3.63, 3.8) is 0 Å². The fraction of sp³-hybridized carbons (Fsp3) is 0.105. The number of carbonyl (C=O) groups excluding carboxylic acids is 1. The number of allylic oxidation sites excluding steroid dienone is 1. The molecule has 3 aromatic rings. The molecule has 2 heterocycles. The summed E-state index contributed by atoms with van der Waals surface area (Å²) in [6.45, 7) is 1.82. The zero-order valence-corrected chi connectivity index (χ0v) is 16.6. The first-order valence-electron chi connectivity index (χ1n) is 8.22. The van der Waals surface area contributed by atoms with Crippen LogP contribution in [-0.4, -0.2) is 16.0 Å². The normalized spacial score (nSPS) is 16.8. The predicted octanol–water partition coefficient (Wildman–Crippen LogP) is 4.38. The van der Waals surface area contributed by atoms with Crippen molar-refractivity contribution in [3.05, 3.63) is 70.4 Å². The van der Waals surface area contributed by atoms with Crippen LogP contribution in [0.4, 0.5) is 5.13 Å². The summed E-state index contributed by atoms with van der Waals surface area (Å²) in [7, 11) is 0. The molecule has 0 bridgehead atoms. The largest absolute Gasteiger partial charge is 0.351 e. The summed E-state index contributed by atoms with van der Waals surface area (Å²) >= 11 is 13.1. The third kappa shape index (κ3) is 3.53. The molecule has 0 fully saturated rings. The molecule has 0 saturated carbocycles. The van der Waals surface area contributed by atoms with E-state index in [1.165, 1.54) is 11.3 Å². The average Bonchev–Trinajstić information content (AvgIpc) is 3.03. The summed E-state index contributed by atoms with van der Waals surface area (Å²) in [5.41, 5.74) is 2.85. The zero-order valence-electron chi connectivity index (χ0n) is 14.2. The molecule has 136 valence electrons. The minimum absolute atomic E-state index is 0.251. The van der Waals surface area contributed by atoms with Crippen molar-refractivity contribution in [3.8, 4) is 0 Å². The Labute approximate surface area is 170 Å². The Morgan fingerprint density at radius 2 is 1.96 bits per heavy atom. The fourth-order valence-electron chi connectivity index (χ4n) is 3.03. The van der Waals surface area contributed by atoms with E-state index in [2.05, 4.69) is 20.9 Å². The Balaban J connectivity index is 1.69. The Kier molecular flexibility index (Phi) is 4.82. The van der Waals surface area contributed by atoms with Crippen molar-refractivity contribution in [2.45, 2.75) is 13.0 Å². The molecule has 1 aliphatic heterocycles. The van der Waals surface area contributed by atoms with Gasteiger partial charge in [-0.25, -0.2) is 4.98 Å². The minimum atomic E-state index is -0.443. The third-order valence-electron chi connectivity index (χ3n) is 4.24. The van der Waals surface area contributed by atoms with Crippen LogP contribution in [-0.2, 0) is 4.79 Å². The molecule has 1 amide bonds. The van der Waals surface area contributed by atoms with Crippen LogP contribution in [0.1, 0.15) is 18.5 Å². The molecule has 5 nitrogen and oxygen atoms in total. The monoisotopic (exact) mass is 414 g/mol. The molecule has 0 radical (unpaired) electrons. The van der Waals surface area contributed by atoms with E-state index in [-0.39, 0.29) is 5.91 Å². The number of thiocarbonyl (C=S) groups is 1. The van der Waals surface area contributed by atoms with E-state index in [1.807, 2.05) is 49.4 Å². The number of benzene rings is 2. The Morgan fingerprint density at radius 3 is 2.74 bits per heavy atom. The number of aromatic nitrogens is 1. The first-order chi connectivity index (χ1) is 13.0. The van der Waals surface area contributed by atoms with Crippen LogP contribution in [0, 0.1) is 0 Å². The molecule has 3 N–H and O–H groups in total. The van der Waals surface area contributed by atoms with Gasteiger partial charge in [0.25, 0.3) is 5.91 Å². The van der Waals surface area contributed by atoms with Crippen molar-refractivity contribution in [1.29, 1.82) is 0 Å². The van der Waals surface area contributed by atoms with Gasteiger partial charge in [-0.3, -0.25) is 10.1 Å². The lowest BCUT2D eigenvalue weighted by Crippen LogP contribution is -2.45. The van der Waals surface area contributed by atoms with Crippen LogP contribution >= 0.6 is 35.2 Å². The van der Waals surface area contributed by atoms with Gasteiger partial charge in [-0.2, -0.15) is 0 Å². The number of thiazole rings is 1. The van der Waals surface area contributed by atoms with Crippen molar-refractivity contribution in [1.82, 2.24) is 15.6 Å². The van der Waals surface area contributed by atoms with Gasteiger partial charge in [0.2, 0.25) is 0 Å². The van der Waals surface area contributed by atoms with Crippen LogP contribution in [0.25, 0.3) is 10.2 Å². The lowest BCUT2D eigenvalue weighted by molar-refractivity contribution is -0.113. The van der Waals surface area contributed by atoms with Crippen LogP contribution in [0.3, 0.4) is 0 Å². The Bertz CT molecular complexity index is 1060. The SMILES string of the molecule is CC1=C(C(=O)Nc2nc3ccccc3s2)C(c2ccccc2Cl)NC(=S)N1. The van der Waals surface area contributed by atoms with Crippen molar-refractivity contribution in [2.75, 3.05) is 5.32 Å². The van der Waals surface area contributed by atoms with E-state index in [9.17, 15) is 4.79 Å². The van der Waals surface area contributed by atoms with Crippen LogP contribution in [0.2, 0.25) is 5.02 Å². The summed E-state index contributed by atoms with van der Waals surface area (Å²) in [4.78, 5) is 17.6. The lowest BCUT2D eigenvalue weighted by atomic mass is 9.95. The second-order valence-electron chi connectivity index (χ2n) is 6.03. The van der Waals surface area contributed by atoms with E-state index < -0.39 is 6.04 Å². The smallest absolute Gasteiger partial charge is 0.257 e. The molecule has 1 unspecified atom stereocenters. The summed E-state index contributed by atoms with van der Waals surface area (Å²) in [5.74, 6) is -0.251. The molecule has 0 aliphatic carbocycles. The maximum absolute atomic E-state index is 13.1. The van der Waals surface area contributed by atoms with Gasteiger partial charge in [0, 0.05) is 10.7 Å². The second kappa shape index (κ2) is 7.26. The van der Waals surface area contributed by atoms with E-state index in [4.69, 9.17) is 23.8 Å². The minimum Gasteiger partial charge on any atom is -0.351 e. The van der Waals surface area contributed by atoms with Gasteiger partial charge < -0.3 is 10.6 Å². The highest BCUT2D eigenvalue weighted by Gasteiger charge is 2.31. The summed E-state index contributed by atoms with van der Waals surface area (Å²) < 4.78 is 1.02. The number of para-hydroxylation sites is 1. The first-order valence-corrected chi connectivity index (χ1v) is 9.83. The molecule has 27 heavy (non-hydrogen) atoms. The quantitative estimate of drug-likeness (QED) is 0.555. The Hall–Kier alpha value is -2.48. The van der Waals surface area contributed by atoms with Gasteiger partial charge in [-0.05, 0) is 42.9 Å². The number of nitrogens with one attached hydrogen (secondary N) is 3. The molecule has 1 aliphatic rings. The molecule has 1 aromatic heterocycles. The average molecular weight is 415 g/mol. The van der Waals surface area contributed by atoms with E-state index in [0.29, 0.717) is 26.5 Å². The van der Waals surface area contributed by atoms with Crippen molar-refractivity contribution < 1.29 is 4.79 Å². The molecule has 0 spiro atoms. The number of anilines is 1.